The van der Waals surface area contributed by atoms with Gasteiger partial charge in [-0.05, 0) is 28.5 Å². The molecule has 2 aromatic rings. The van der Waals surface area contributed by atoms with Crippen molar-refractivity contribution < 1.29 is 9.84 Å². The van der Waals surface area contributed by atoms with Crippen molar-refractivity contribution in [2.24, 2.45) is 0 Å². The van der Waals surface area contributed by atoms with Gasteiger partial charge in [-0.3, -0.25) is 0 Å². The standard InChI is InChI=1S/C12H14O2S/c1-8(7-13)9-3-4-11(14-2)12-10(9)5-6-15-12/h3-6,8,13H,7H2,1-2H3. The van der Waals surface area contributed by atoms with E-state index in [0.29, 0.717) is 0 Å². The summed E-state index contributed by atoms with van der Waals surface area (Å²) in [5.41, 5.74) is 1.19. The van der Waals surface area contributed by atoms with Crippen molar-refractivity contribution in [3.8, 4) is 5.75 Å². The van der Waals surface area contributed by atoms with E-state index in [9.17, 15) is 5.11 Å². The number of thiophene rings is 1. The van der Waals surface area contributed by atoms with Gasteiger partial charge in [0.2, 0.25) is 0 Å². The van der Waals surface area contributed by atoms with Crippen LogP contribution >= 0.6 is 11.3 Å². The fourth-order valence-electron chi connectivity index (χ4n) is 1.75. The van der Waals surface area contributed by atoms with Crippen LogP contribution in [0, 0.1) is 0 Å². The summed E-state index contributed by atoms with van der Waals surface area (Å²) in [5, 5.41) is 12.4. The average molecular weight is 222 g/mol. The molecule has 1 aromatic heterocycles. The molecule has 0 saturated carbocycles. The predicted octanol–water partition coefficient (Wildman–Crippen LogP) is 3.01. The number of aliphatic hydroxyl groups excluding tert-OH is 1. The first-order chi connectivity index (χ1) is 7.27. The highest BCUT2D eigenvalue weighted by atomic mass is 32.1. The fourth-order valence-corrected chi connectivity index (χ4v) is 2.67. The van der Waals surface area contributed by atoms with Crippen LogP contribution in [-0.4, -0.2) is 18.8 Å². The maximum atomic E-state index is 9.18. The first-order valence-corrected chi connectivity index (χ1v) is 5.81. The summed E-state index contributed by atoms with van der Waals surface area (Å²) < 4.78 is 6.46. The molecule has 1 aromatic carbocycles. The number of fused-ring (bicyclic) bond motifs is 1. The largest absolute Gasteiger partial charge is 0.495 e. The molecule has 0 spiro atoms. The van der Waals surface area contributed by atoms with E-state index in [2.05, 4.69) is 11.4 Å². The highest BCUT2D eigenvalue weighted by Gasteiger charge is 2.12. The van der Waals surface area contributed by atoms with Gasteiger partial charge < -0.3 is 9.84 Å². The lowest BCUT2D eigenvalue weighted by atomic mass is 9.98. The third-order valence-corrected chi connectivity index (χ3v) is 3.57. The summed E-state index contributed by atoms with van der Waals surface area (Å²) in [4.78, 5) is 0. The molecule has 0 bridgehead atoms. The van der Waals surface area contributed by atoms with Crippen molar-refractivity contribution in [1.82, 2.24) is 0 Å². The zero-order chi connectivity index (χ0) is 10.8. The smallest absolute Gasteiger partial charge is 0.136 e. The minimum absolute atomic E-state index is 0.174. The predicted molar refractivity (Wildman–Crippen MR) is 63.9 cm³/mol. The quantitative estimate of drug-likeness (QED) is 0.865. The molecule has 0 radical (unpaired) electrons. The molecular weight excluding hydrogens is 208 g/mol. The van der Waals surface area contributed by atoms with Gasteiger partial charge in [0, 0.05) is 12.5 Å². The topological polar surface area (TPSA) is 29.5 Å². The molecule has 1 N–H and O–H groups in total. The number of aliphatic hydroxyl groups is 1. The first kappa shape index (κ1) is 10.5. The molecule has 80 valence electrons. The van der Waals surface area contributed by atoms with E-state index in [1.807, 2.05) is 19.1 Å². The van der Waals surface area contributed by atoms with Crippen molar-refractivity contribution in [2.75, 3.05) is 13.7 Å². The van der Waals surface area contributed by atoms with Gasteiger partial charge in [0.05, 0.1) is 11.8 Å². The molecule has 15 heavy (non-hydrogen) atoms. The highest BCUT2D eigenvalue weighted by molar-refractivity contribution is 7.17. The Morgan fingerprint density at radius 1 is 1.40 bits per heavy atom. The van der Waals surface area contributed by atoms with Gasteiger partial charge in [-0.25, -0.2) is 0 Å². The van der Waals surface area contributed by atoms with Crippen LogP contribution in [0.3, 0.4) is 0 Å². The monoisotopic (exact) mass is 222 g/mol. The Hall–Kier alpha value is -1.06. The minimum atomic E-state index is 0.174. The second-order valence-corrected chi connectivity index (χ2v) is 4.52. The summed E-state index contributed by atoms with van der Waals surface area (Å²) in [5.74, 6) is 1.09. The zero-order valence-electron chi connectivity index (χ0n) is 8.86. The van der Waals surface area contributed by atoms with Crippen molar-refractivity contribution in [3.63, 3.8) is 0 Å². The van der Waals surface area contributed by atoms with Crippen molar-refractivity contribution >= 4 is 21.4 Å². The van der Waals surface area contributed by atoms with Crippen molar-refractivity contribution in [3.05, 3.63) is 29.1 Å². The molecule has 2 rings (SSSR count). The van der Waals surface area contributed by atoms with E-state index in [-0.39, 0.29) is 12.5 Å². The normalized spacial score (nSPS) is 13.0. The molecule has 0 aliphatic rings. The number of rotatable bonds is 3. The zero-order valence-corrected chi connectivity index (χ0v) is 9.67. The Bertz CT molecular complexity index is 462. The molecule has 1 atom stereocenters. The van der Waals surface area contributed by atoms with E-state index in [4.69, 9.17) is 4.74 Å². The molecule has 0 aliphatic heterocycles. The van der Waals surface area contributed by atoms with Gasteiger partial charge >= 0.3 is 0 Å². The van der Waals surface area contributed by atoms with Crippen LogP contribution in [0.4, 0.5) is 0 Å². The van der Waals surface area contributed by atoms with Crippen LogP contribution in [-0.2, 0) is 0 Å². The fraction of sp³-hybridized carbons (Fsp3) is 0.333. The van der Waals surface area contributed by atoms with E-state index in [1.54, 1.807) is 18.4 Å². The molecule has 1 heterocycles. The molecule has 3 heteroatoms. The van der Waals surface area contributed by atoms with Gasteiger partial charge in [-0.15, -0.1) is 11.3 Å². The maximum Gasteiger partial charge on any atom is 0.136 e. The summed E-state index contributed by atoms with van der Waals surface area (Å²) in [7, 11) is 1.68. The molecule has 0 fully saturated rings. The van der Waals surface area contributed by atoms with Crippen molar-refractivity contribution in [2.45, 2.75) is 12.8 Å². The Kier molecular flexibility index (Phi) is 2.93. The van der Waals surface area contributed by atoms with Crippen LogP contribution in [0.1, 0.15) is 18.4 Å². The summed E-state index contributed by atoms with van der Waals surface area (Å²) in [6.45, 7) is 2.20. The lowest BCUT2D eigenvalue weighted by Crippen LogP contribution is -1.99. The van der Waals surface area contributed by atoms with Crippen LogP contribution in [0.2, 0.25) is 0 Å². The van der Waals surface area contributed by atoms with Crippen molar-refractivity contribution in [1.29, 1.82) is 0 Å². The second kappa shape index (κ2) is 4.21. The number of hydrogen-bond acceptors (Lipinski definition) is 3. The molecule has 0 aliphatic carbocycles. The molecular formula is C12H14O2S. The van der Waals surface area contributed by atoms with Crippen LogP contribution in [0.5, 0.6) is 5.75 Å². The van der Waals surface area contributed by atoms with Gasteiger partial charge in [0.25, 0.3) is 0 Å². The van der Waals surface area contributed by atoms with Crippen LogP contribution in [0.15, 0.2) is 23.6 Å². The molecule has 2 nitrogen and oxygen atoms in total. The first-order valence-electron chi connectivity index (χ1n) is 4.93. The number of benzene rings is 1. The Morgan fingerprint density at radius 2 is 2.20 bits per heavy atom. The van der Waals surface area contributed by atoms with E-state index in [0.717, 1.165) is 10.4 Å². The van der Waals surface area contributed by atoms with E-state index in [1.165, 1.54) is 10.9 Å². The van der Waals surface area contributed by atoms with Crippen LogP contribution in [0.25, 0.3) is 10.1 Å². The second-order valence-electron chi connectivity index (χ2n) is 3.60. The van der Waals surface area contributed by atoms with Gasteiger partial charge in [0.1, 0.15) is 5.75 Å². The van der Waals surface area contributed by atoms with Crippen LogP contribution < -0.4 is 4.74 Å². The SMILES string of the molecule is COc1ccc(C(C)CO)c2ccsc12. The summed E-state index contributed by atoms with van der Waals surface area (Å²) >= 11 is 1.67. The lowest BCUT2D eigenvalue weighted by Gasteiger charge is -2.11. The Labute approximate surface area is 93.1 Å². The molecule has 1 unspecified atom stereocenters. The number of hydrogen-bond donors (Lipinski definition) is 1. The number of ether oxygens (including phenoxy) is 1. The molecule has 0 amide bonds. The summed E-state index contributed by atoms with van der Waals surface area (Å²) in [6.07, 6.45) is 0. The third-order valence-electron chi connectivity index (χ3n) is 2.64. The minimum Gasteiger partial charge on any atom is -0.495 e. The molecule has 0 saturated heterocycles. The lowest BCUT2D eigenvalue weighted by molar-refractivity contribution is 0.273. The van der Waals surface area contributed by atoms with E-state index < -0.39 is 0 Å². The van der Waals surface area contributed by atoms with Gasteiger partial charge in [-0.2, -0.15) is 0 Å². The van der Waals surface area contributed by atoms with Gasteiger partial charge in [-0.1, -0.05) is 13.0 Å². The summed E-state index contributed by atoms with van der Waals surface area (Å²) in [6, 6.07) is 6.10. The third kappa shape index (κ3) is 1.73. The average Bonchev–Trinajstić information content (AvgIpc) is 2.75. The number of methoxy groups -OCH3 is 1. The maximum absolute atomic E-state index is 9.18. The Morgan fingerprint density at radius 3 is 2.87 bits per heavy atom. The van der Waals surface area contributed by atoms with Gasteiger partial charge in [0.15, 0.2) is 0 Å². The van der Waals surface area contributed by atoms with E-state index >= 15 is 0 Å². The highest BCUT2D eigenvalue weighted by Crippen LogP contribution is 2.35. The Balaban J connectivity index is 2.63.